The average molecular weight is 334 g/mol. The zero-order chi connectivity index (χ0) is 16.5. The van der Waals surface area contributed by atoms with Gasteiger partial charge in [-0.1, -0.05) is 0 Å². The van der Waals surface area contributed by atoms with Crippen LogP contribution < -0.4 is 48.4 Å². The van der Waals surface area contributed by atoms with Crippen LogP contribution in [0.15, 0.2) is 97.1 Å². The van der Waals surface area contributed by atoms with Crippen molar-refractivity contribution in [2.45, 2.75) is 0 Å². The Morgan fingerprint density at radius 3 is 0.769 bits per heavy atom. The first kappa shape index (κ1) is 22.5. The first-order chi connectivity index (χ1) is 11.9. The predicted octanol–water partition coefficient (Wildman–Crippen LogP) is -0.0840. The molecule has 4 rings (SSSR count). The molecule has 0 aliphatic carbocycles. The number of hydrogen-bond donors (Lipinski definition) is 0. The van der Waals surface area contributed by atoms with Crippen molar-refractivity contribution in [1.29, 1.82) is 0 Å². The van der Waals surface area contributed by atoms with E-state index in [2.05, 4.69) is 24.3 Å². The Labute approximate surface area is 190 Å². The Morgan fingerprint density at radius 1 is 0.385 bits per heavy atom. The second-order valence-corrected chi connectivity index (χ2v) is 5.10. The molecule has 0 heterocycles. The maximum absolute atomic E-state index is 3.15. The van der Waals surface area contributed by atoms with E-state index in [1.807, 2.05) is 97.1 Å². The smallest absolute Gasteiger partial charge is 0.226 e. The van der Waals surface area contributed by atoms with Crippen molar-refractivity contribution in [3.63, 3.8) is 0 Å². The Balaban J connectivity index is 0.000000241. The van der Waals surface area contributed by atoms with E-state index >= 15 is 0 Å². The van der Waals surface area contributed by atoms with Gasteiger partial charge in [-0.25, -0.2) is 22.3 Å². The summed E-state index contributed by atoms with van der Waals surface area (Å²) < 4.78 is 0. The molecule has 116 valence electrons. The van der Waals surface area contributed by atoms with Crippen LogP contribution in [0.1, 0.15) is 0 Å². The third-order valence-electron chi connectivity index (χ3n) is 3.42. The SMILES string of the molecule is [Li+].[Na+].[c-]1ccccc1-c1[c-]cccc1.[c-]1ccccc1-c1[c-]cccc1. The molecule has 4 aromatic carbocycles. The molecule has 0 aliphatic heterocycles. The number of rotatable bonds is 2. The minimum absolute atomic E-state index is 0. The monoisotopic (exact) mass is 334 g/mol. The maximum Gasteiger partial charge on any atom is 1.00 e. The molecule has 0 aliphatic rings. The second-order valence-electron chi connectivity index (χ2n) is 5.10. The van der Waals surface area contributed by atoms with Crippen molar-refractivity contribution in [2.75, 3.05) is 0 Å². The van der Waals surface area contributed by atoms with E-state index in [0.29, 0.717) is 0 Å². The molecule has 0 atom stereocenters. The van der Waals surface area contributed by atoms with E-state index in [1.54, 1.807) is 0 Å². The molecule has 4 aromatic rings. The summed E-state index contributed by atoms with van der Waals surface area (Å²) in [6, 6.07) is 44.3. The Bertz CT molecular complexity index is 682. The van der Waals surface area contributed by atoms with Crippen LogP contribution in [0.25, 0.3) is 22.3 Å². The third kappa shape index (κ3) is 7.00. The maximum atomic E-state index is 3.15. The summed E-state index contributed by atoms with van der Waals surface area (Å²) >= 11 is 0. The Morgan fingerprint density at radius 2 is 0.615 bits per heavy atom. The largest absolute Gasteiger partial charge is 1.00 e. The fourth-order valence-corrected chi connectivity index (χ4v) is 2.24. The molecule has 0 bridgehead atoms. The van der Waals surface area contributed by atoms with Gasteiger partial charge in [-0.05, 0) is 0 Å². The topological polar surface area (TPSA) is 0 Å². The standard InChI is InChI=1S/2C12H8.Li.Na/c2*1-3-7-11(8-4-1)12-9-5-2-6-10-12;;/h2*1-7,9H;;/q2*-2;2*+1. The molecule has 0 spiro atoms. The third-order valence-corrected chi connectivity index (χ3v) is 3.42. The van der Waals surface area contributed by atoms with Crippen LogP contribution in [0.3, 0.4) is 0 Å². The van der Waals surface area contributed by atoms with Crippen molar-refractivity contribution < 1.29 is 48.4 Å². The fourth-order valence-electron chi connectivity index (χ4n) is 2.24. The van der Waals surface area contributed by atoms with Gasteiger partial charge in [0.15, 0.2) is 0 Å². The van der Waals surface area contributed by atoms with Crippen LogP contribution in [-0.4, -0.2) is 0 Å². The average Bonchev–Trinajstić information content (AvgIpc) is 2.71. The van der Waals surface area contributed by atoms with Crippen LogP contribution in [0, 0.1) is 24.3 Å². The molecule has 26 heavy (non-hydrogen) atoms. The summed E-state index contributed by atoms with van der Waals surface area (Å²) in [5.74, 6) is 0. The number of hydrogen-bond acceptors (Lipinski definition) is 0. The molecule has 0 nitrogen and oxygen atoms in total. The summed E-state index contributed by atoms with van der Waals surface area (Å²) in [4.78, 5) is 0. The second kappa shape index (κ2) is 12.8. The molecule has 0 N–H and O–H groups in total. The molecular formula is C24H16LiNa-2. The zero-order valence-corrected chi connectivity index (χ0v) is 17.2. The van der Waals surface area contributed by atoms with Gasteiger partial charge < -0.3 is 0 Å². The van der Waals surface area contributed by atoms with Crippen molar-refractivity contribution in [3.05, 3.63) is 121 Å². The quantitative estimate of drug-likeness (QED) is 0.355. The van der Waals surface area contributed by atoms with Crippen LogP contribution in [-0.2, 0) is 0 Å². The summed E-state index contributed by atoms with van der Waals surface area (Å²) in [6.07, 6.45) is 0. The van der Waals surface area contributed by atoms with E-state index in [4.69, 9.17) is 0 Å². The van der Waals surface area contributed by atoms with Crippen LogP contribution >= 0.6 is 0 Å². The molecule has 2 heteroatoms. The van der Waals surface area contributed by atoms with Crippen LogP contribution in [0.5, 0.6) is 0 Å². The normalized spacial score (nSPS) is 8.92. The molecule has 0 fully saturated rings. The van der Waals surface area contributed by atoms with E-state index in [9.17, 15) is 0 Å². The van der Waals surface area contributed by atoms with Gasteiger partial charge in [0, 0.05) is 0 Å². The zero-order valence-electron chi connectivity index (χ0n) is 15.2. The van der Waals surface area contributed by atoms with Gasteiger partial charge in [-0.2, -0.15) is 97.1 Å². The summed E-state index contributed by atoms with van der Waals surface area (Å²) in [7, 11) is 0. The van der Waals surface area contributed by atoms with E-state index in [-0.39, 0.29) is 48.4 Å². The van der Waals surface area contributed by atoms with Crippen molar-refractivity contribution in [2.24, 2.45) is 0 Å². The Hall–Kier alpha value is -1.52. The molecule has 0 unspecified atom stereocenters. The minimum Gasteiger partial charge on any atom is -0.226 e. The summed E-state index contributed by atoms with van der Waals surface area (Å²) in [5, 5.41) is 0. The minimum atomic E-state index is 0. The molecule has 0 saturated carbocycles. The van der Waals surface area contributed by atoms with Crippen molar-refractivity contribution in [1.82, 2.24) is 0 Å². The van der Waals surface area contributed by atoms with Crippen LogP contribution in [0.2, 0.25) is 0 Å². The molecule has 0 aromatic heterocycles. The number of benzene rings is 4. The van der Waals surface area contributed by atoms with Gasteiger partial charge in [0.1, 0.15) is 0 Å². The van der Waals surface area contributed by atoms with Crippen LogP contribution in [0.4, 0.5) is 0 Å². The van der Waals surface area contributed by atoms with Gasteiger partial charge >= 0.3 is 48.4 Å². The van der Waals surface area contributed by atoms with Gasteiger partial charge in [0.05, 0.1) is 0 Å². The summed E-state index contributed by atoms with van der Waals surface area (Å²) in [5.41, 5.74) is 4.38. The van der Waals surface area contributed by atoms with Crippen molar-refractivity contribution >= 4 is 0 Å². The van der Waals surface area contributed by atoms with E-state index < -0.39 is 0 Å². The van der Waals surface area contributed by atoms with E-state index in [1.165, 1.54) is 0 Å². The van der Waals surface area contributed by atoms with Crippen molar-refractivity contribution in [3.8, 4) is 22.3 Å². The van der Waals surface area contributed by atoms with Gasteiger partial charge in [-0.3, -0.25) is 0 Å². The molecule has 0 radical (unpaired) electrons. The first-order valence-electron chi connectivity index (χ1n) is 7.81. The fraction of sp³-hybridized carbons (Fsp3) is 0. The van der Waals surface area contributed by atoms with Gasteiger partial charge in [-0.15, -0.1) is 24.3 Å². The van der Waals surface area contributed by atoms with E-state index in [0.717, 1.165) is 22.3 Å². The molecular weight excluding hydrogens is 318 g/mol. The van der Waals surface area contributed by atoms with Gasteiger partial charge in [0.25, 0.3) is 0 Å². The Kier molecular flexibility index (Phi) is 11.1. The summed E-state index contributed by atoms with van der Waals surface area (Å²) in [6.45, 7) is 0. The molecule has 0 saturated heterocycles. The molecule has 0 amide bonds. The predicted molar refractivity (Wildman–Crippen MR) is 99.1 cm³/mol. The van der Waals surface area contributed by atoms with Gasteiger partial charge in [0.2, 0.25) is 0 Å². The first-order valence-corrected chi connectivity index (χ1v) is 7.81.